The summed E-state index contributed by atoms with van der Waals surface area (Å²) in [5, 5.41) is 2.72. The van der Waals surface area contributed by atoms with Crippen molar-refractivity contribution in [2.24, 2.45) is 4.99 Å². The molecule has 30 heavy (non-hydrogen) atoms. The molecule has 0 bridgehead atoms. The minimum absolute atomic E-state index is 0.0201. The van der Waals surface area contributed by atoms with Crippen LogP contribution in [0.2, 0.25) is 0 Å². The summed E-state index contributed by atoms with van der Waals surface area (Å²) in [7, 11) is 0. The van der Waals surface area contributed by atoms with Crippen LogP contribution < -0.4 is 10.2 Å². The molecule has 1 atom stereocenters. The molecule has 8 heteroatoms. The summed E-state index contributed by atoms with van der Waals surface area (Å²) in [5.74, 6) is -1.71. The number of hydrogen-bond donors (Lipinski definition) is 1. The van der Waals surface area contributed by atoms with Crippen LogP contribution in [0.25, 0.3) is 0 Å². The van der Waals surface area contributed by atoms with E-state index in [0.29, 0.717) is 5.84 Å². The van der Waals surface area contributed by atoms with Crippen LogP contribution in [0.15, 0.2) is 53.2 Å². The summed E-state index contributed by atoms with van der Waals surface area (Å²) in [4.78, 5) is 45.5. The molecule has 7 nitrogen and oxygen atoms in total. The SMILES string of the molecule is CC1=CC=CC2=NC(=O)CC(C)(C(=O)N(CC(=O)NC(C)C)c3ccccc3F)N12. The van der Waals surface area contributed by atoms with Gasteiger partial charge in [0.05, 0.1) is 12.1 Å². The lowest BCUT2D eigenvalue weighted by Gasteiger charge is -2.46. The number of carbonyl (C=O) groups is 3. The Labute approximate surface area is 174 Å². The van der Waals surface area contributed by atoms with E-state index < -0.39 is 29.1 Å². The lowest BCUT2D eigenvalue weighted by Crippen LogP contribution is -2.63. The largest absolute Gasteiger partial charge is 0.352 e. The Morgan fingerprint density at radius 2 is 2.03 bits per heavy atom. The predicted octanol–water partition coefficient (Wildman–Crippen LogP) is 2.55. The number of anilines is 1. The molecule has 1 N–H and O–H groups in total. The molecule has 2 aliphatic heterocycles. The van der Waals surface area contributed by atoms with Gasteiger partial charge in [-0.05, 0) is 52.0 Å². The first kappa shape index (κ1) is 21.4. The first-order valence-corrected chi connectivity index (χ1v) is 9.76. The van der Waals surface area contributed by atoms with Crippen molar-refractivity contribution in [1.29, 1.82) is 0 Å². The molecular weight excluding hydrogens is 387 g/mol. The number of nitrogens with zero attached hydrogens (tertiary/aromatic N) is 3. The number of amides is 3. The molecule has 0 aliphatic carbocycles. The number of carbonyl (C=O) groups excluding carboxylic acids is 3. The van der Waals surface area contributed by atoms with E-state index in [2.05, 4.69) is 10.3 Å². The Kier molecular flexibility index (Phi) is 5.87. The van der Waals surface area contributed by atoms with Crippen LogP contribution in [0.1, 0.15) is 34.1 Å². The molecule has 1 aromatic rings. The molecule has 0 saturated heterocycles. The smallest absolute Gasteiger partial charge is 0.254 e. The van der Waals surface area contributed by atoms with Crippen molar-refractivity contribution in [2.45, 2.75) is 45.7 Å². The Morgan fingerprint density at radius 3 is 2.70 bits per heavy atom. The van der Waals surface area contributed by atoms with Gasteiger partial charge in [-0.1, -0.05) is 18.2 Å². The fourth-order valence-electron chi connectivity index (χ4n) is 3.78. The van der Waals surface area contributed by atoms with E-state index in [1.54, 1.807) is 56.9 Å². The van der Waals surface area contributed by atoms with Crippen LogP contribution in [0.3, 0.4) is 0 Å². The van der Waals surface area contributed by atoms with Crippen molar-refractivity contribution >= 4 is 29.2 Å². The fraction of sp³-hybridized carbons (Fsp3) is 0.364. The average Bonchev–Trinajstić information content (AvgIpc) is 2.65. The van der Waals surface area contributed by atoms with E-state index in [-0.39, 0.29) is 24.7 Å². The van der Waals surface area contributed by atoms with E-state index in [1.165, 1.54) is 18.2 Å². The Balaban J connectivity index is 2.05. The van der Waals surface area contributed by atoms with Gasteiger partial charge in [0, 0.05) is 11.7 Å². The predicted molar refractivity (Wildman–Crippen MR) is 112 cm³/mol. The number of fused-ring (bicyclic) bond motifs is 1. The van der Waals surface area contributed by atoms with Crippen LogP contribution in [0.5, 0.6) is 0 Å². The molecule has 1 unspecified atom stereocenters. The fourth-order valence-corrected chi connectivity index (χ4v) is 3.78. The van der Waals surface area contributed by atoms with Crippen molar-refractivity contribution in [3.05, 3.63) is 54.0 Å². The highest BCUT2D eigenvalue weighted by Crippen LogP contribution is 2.34. The summed E-state index contributed by atoms with van der Waals surface area (Å²) >= 11 is 0. The minimum atomic E-state index is -1.36. The molecule has 1 aromatic carbocycles. The number of hydrogen-bond acceptors (Lipinski definition) is 4. The molecule has 0 fully saturated rings. The van der Waals surface area contributed by atoms with Gasteiger partial charge in [0.25, 0.3) is 11.8 Å². The van der Waals surface area contributed by atoms with Gasteiger partial charge >= 0.3 is 0 Å². The Bertz CT molecular complexity index is 982. The highest BCUT2D eigenvalue weighted by Gasteiger charge is 2.49. The second-order valence-corrected chi connectivity index (χ2v) is 7.88. The number of allylic oxidation sites excluding steroid dienone is 3. The molecule has 2 heterocycles. The highest BCUT2D eigenvalue weighted by molar-refractivity contribution is 6.13. The van der Waals surface area contributed by atoms with Crippen molar-refractivity contribution in [3.63, 3.8) is 0 Å². The van der Waals surface area contributed by atoms with Crippen molar-refractivity contribution in [1.82, 2.24) is 10.2 Å². The molecule has 0 saturated carbocycles. The van der Waals surface area contributed by atoms with Gasteiger partial charge in [0.2, 0.25) is 5.91 Å². The van der Waals surface area contributed by atoms with E-state index in [1.807, 2.05) is 0 Å². The van der Waals surface area contributed by atoms with E-state index in [4.69, 9.17) is 0 Å². The number of para-hydroxylation sites is 1. The van der Waals surface area contributed by atoms with Crippen LogP contribution in [0, 0.1) is 5.82 Å². The summed E-state index contributed by atoms with van der Waals surface area (Å²) in [6.07, 6.45) is 5.01. The van der Waals surface area contributed by atoms with Gasteiger partial charge in [-0.15, -0.1) is 0 Å². The van der Waals surface area contributed by atoms with Gasteiger partial charge in [-0.3, -0.25) is 19.3 Å². The lowest BCUT2D eigenvalue weighted by molar-refractivity contribution is -0.133. The monoisotopic (exact) mass is 412 g/mol. The maximum atomic E-state index is 14.6. The number of rotatable bonds is 5. The standard InChI is InChI=1S/C22H25FN4O3/c1-14(2)24-20(29)13-26(17-10-6-5-9-16(17)23)21(30)22(4)12-19(28)25-18-11-7-8-15(3)27(18)22/h5-11,14H,12-13H2,1-4H3,(H,24,29). The van der Waals surface area contributed by atoms with Gasteiger partial charge < -0.3 is 10.2 Å². The first-order valence-electron chi connectivity index (χ1n) is 9.76. The Morgan fingerprint density at radius 1 is 1.33 bits per heavy atom. The zero-order chi connectivity index (χ0) is 22.1. The summed E-state index contributed by atoms with van der Waals surface area (Å²) in [6, 6.07) is 5.63. The molecule has 0 spiro atoms. The van der Waals surface area contributed by atoms with E-state index >= 15 is 0 Å². The number of aliphatic imine (C=N–C) groups is 1. The number of benzene rings is 1. The zero-order valence-corrected chi connectivity index (χ0v) is 17.5. The van der Waals surface area contributed by atoms with Crippen molar-refractivity contribution in [3.8, 4) is 0 Å². The maximum Gasteiger partial charge on any atom is 0.254 e. The van der Waals surface area contributed by atoms with Crippen LogP contribution >= 0.6 is 0 Å². The third-order valence-corrected chi connectivity index (χ3v) is 4.99. The van der Waals surface area contributed by atoms with Crippen molar-refractivity contribution < 1.29 is 18.8 Å². The second-order valence-electron chi connectivity index (χ2n) is 7.88. The van der Waals surface area contributed by atoms with E-state index in [0.717, 1.165) is 10.6 Å². The average molecular weight is 412 g/mol. The molecule has 2 aliphatic rings. The molecule has 3 rings (SSSR count). The topological polar surface area (TPSA) is 82.1 Å². The second kappa shape index (κ2) is 8.22. The van der Waals surface area contributed by atoms with Crippen LogP contribution in [0.4, 0.5) is 10.1 Å². The lowest BCUT2D eigenvalue weighted by atomic mass is 9.89. The van der Waals surface area contributed by atoms with Crippen LogP contribution in [-0.4, -0.2) is 46.6 Å². The number of halogens is 1. The molecule has 3 amide bonds. The van der Waals surface area contributed by atoms with Gasteiger partial charge in [-0.25, -0.2) is 4.39 Å². The quantitative estimate of drug-likeness (QED) is 0.806. The zero-order valence-electron chi connectivity index (χ0n) is 17.5. The molecule has 0 radical (unpaired) electrons. The highest BCUT2D eigenvalue weighted by atomic mass is 19.1. The van der Waals surface area contributed by atoms with E-state index in [9.17, 15) is 18.8 Å². The Hall–Kier alpha value is -3.29. The third-order valence-electron chi connectivity index (χ3n) is 4.99. The summed E-state index contributed by atoms with van der Waals surface area (Å²) < 4.78 is 14.6. The van der Waals surface area contributed by atoms with Gasteiger partial charge in [-0.2, -0.15) is 4.99 Å². The first-order chi connectivity index (χ1) is 14.1. The summed E-state index contributed by atoms with van der Waals surface area (Å²) in [6.45, 7) is 6.64. The number of amidine groups is 1. The molecular formula is C22H25FN4O3. The summed E-state index contributed by atoms with van der Waals surface area (Å²) in [5.41, 5.74) is -0.659. The normalized spacial score (nSPS) is 20.5. The molecule has 158 valence electrons. The molecule has 0 aromatic heterocycles. The van der Waals surface area contributed by atoms with Gasteiger partial charge in [0.1, 0.15) is 23.7 Å². The van der Waals surface area contributed by atoms with Gasteiger partial charge in [0.15, 0.2) is 0 Å². The maximum absolute atomic E-state index is 14.6. The minimum Gasteiger partial charge on any atom is -0.352 e. The van der Waals surface area contributed by atoms with Crippen LogP contribution in [-0.2, 0) is 14.4 Å². The van der Waals surface area contributed by atoms with Crippen molar-refractivity contribution in [2.75, 3.05) is 11.4 Å². The number of nitrogens with one attached hydrogen (secondary N) is 1. The third kappa shape index (κ3) is 4.03.